The fourth-order valence-electron chi connectivity index (χ4n) is 3.54. The number of rotatable bonds is 8. The van der Waals surface area contributed by atoms with Gasteiger partial charge in [-0.2, -0.15) is 0 Å². The third-order valence-corrected chi connectivity index (χ3v) is 5.75. The lowest BCUT2D eigenvalue weighted by molar-refractivity contribution is -0.139. The van der Waals surface area contributed by atoms with Crippen molar-refractivity contribution in [2.45, 2.75) is 19.1 Å². The van der Waals surface area contributed by atoms with Gasteiger partial charge in [-0.05, 0) is 58.3 Å². The number of carboxylic acids is 1. The molecule has 4 aromatic carbocycles. The molecule has 0 heterocycles. The number of fused-ring (bicyclic) bond motifs is 1. The van der Waals surface area contributed by atoms with Crippen molar-refractivity contribution in [2.75, 3.05) is 0 Å². The van der Waals surface area contributed by atoms with Crippen LogP contribution in [0.3, 0.4) is 0 Å². The first-order valence-corrected chi connectivity index (χ1v) is 11.3. The minimum Gasteiger partial charge on any atom is -0.489 e. The van der Waals surface area contributed by atoms with Crippen molar-refractivity contribution in [3.63, 3.8) is 0 Å². The summed E-state index contributed by atoms with van der Waals surface area (Å²) in [5.74, 6) is -0.760. The van der Waals surface area contributed by atoms with Crippen molar-refractivity contribution in [3.8, 4) is 5.75 Å². The molecule has 0 spiro atoms. The molecule has 33 heavy (non-hydrogen) atoms. The van der Waals surface area contributed by atoms with Crippen LogP contribution in [0.2, 0.25) is 0 Å². The summed E-state index contributed by atoms with van der Waals surface area (Å²) >= 11 is 3.46. The molecule has 5 nitrogen and oxygen atoms in total. The van der Waals surface area contributed by atoms with Gasteiger partial charge in [0, 0.05) is 16.5 Å². The monoisotopic (exact) mass is 503 g/mol. The highest BCUT2D eigenvalue weighted by Crippen LogP contribution is 2.23. The van der Waals surface area contributed by atoms with E-state index in [1.54, 1.807) is 12.1 Å². The third kappa shape index (κ3) is 5.99. The van der Waals surface area contributed by atoms with E-state index in [0.29, 0.717) is 12.2 Å². The van der Waals surface area contributed by atoms with Gasteiger partial charge in [0.05, 0.1) is 0 Å². The quantitative estimate of drug-likeness (QED) is 0.327. The summed E-state index contributed by atoms with van der Waals surface area (Å²) in [6.07, 6.45) is 0.216. The zero-order valence-electron chi connectivity index (χ0n) is 17.7. The fraction of sp³-hybridized carbons (Fsp3) is 0.111. The first-order chi connectivity index (χ1) is 16.0. The summed E-state index contributed by atoms with van der Waals surface area (Å²) in [5.41, 5.74) is 2.31. The van der Waals surface area contributed by atoms with E-state index < -0.39 is 17.9 Å². The van der Waals surface area contributed by atoms with Gasteiger partial charge < -0.3 is 15.2 Å². The molecule has 0 fully saturated rings. The van der Waals surface area contributed by atoms with Gasteiger partial charge in [0.25, 0.3) is 5.91 Å². The second-order valence-corrected chi connectivity index (χ2v) is 8.61. The van der Waals surface area contributed by atoms with Gasteiger partial charge >= 0.3 is 5.97 Å². The Morgan fingerprint density at radius 3 is 2.33 bits per heavy atom. The fourth-order valence-corrected chi connectivity index (χ4v) is 3.99. The highest BCUT2D eigenvalue weighted by Gasteiger charge is 2.21. The van der Waals surface area contributed by atoms with E-state index in [1.165, 1.54) is 0 Å². The number of aliphatic carboxylic acids is 1. The molecule has 4 rings (SSSR count). The molecule has 1 unspecified atom stereocenters. The Labute approximate surface area is 200 Å². The third-order valence-electron chi connectivity index (χ3n) is 5.25. The van der Waals surface area contributed by atoms with E-state index in [0.717, 1.165) is 32.1 Å². The number of ether oxygens (including phenoxy) is 1. The molecule has 0 radical (unpaired) electrons. The molecule has 1 atom stereocenters. The Balaban J connectivity index is 1.45. The molecule has 0 saturated carbocycles. The number of carboxylic acid groups (broad SMARTS) is 1. The lowest BCUT2D eigenvalue weighted by atomic mass is 10.0. The summed E-state index contributed by atoms with van der Waals surface area (Å²) in [4.78, 5) is 24.4. The minimum atomic E-state index is -1.07. The standard InChI is InChI=1S/C27H22BrNO4/c28-23-8-4-7-19(13-23)17-33-24-12-11-20-15-22(10-9-21(20)16-24)26(30)29-25(27(31)32)14-18-5-2-1-3-6-18/h1-13,15-16,25H,14,17H2,(H,29,30)(H,31,32). The van der Waals surface area contributed by atoms with Crippen LogP contribution in [0.5, 0.6) is 5.75 Å². The summed E-state index contributed by atoms with van der Waals surface area (Å²) in [7, 11) is 0. The second kappa shape index (κ2) is 10.3. The van der Waals surface area contributed by atoms with Crippen LogP contribution in [-0.4, -0.2) is 23.0 Å². The Morgan fingerprint density at radius 1 is 0.848 bits per heavy atom. The van der Waals surface area contributed by atoms with E-state index in [1.807, 2.05) is 78.9 Å². The molecule has 0 aliphatic rings. The van der Waals surface area contributed by atoms with Crippen LogP contribution in [-0.2, 0) is 17.8 Å². The number of nitrogens with one attached hydrogen (secondary N) is 1. The Morgan fingerprint density at radius 2 is 1.58 bits per heavy atom. The van der Waals surface area contributed by atoms with E-state index in [-0.39, 0.29) is 6.42 Å². The van der Waals surface area contributed by atoms with Crippen molar-refractivity contribution in [3.05, 3.63) is 112 Å². The Kier molecular flexibility index (Phi) is 7.05. The van der Waals surface area contributed by atoms with Crippen molar-refractivity contribution < 1.29 is 19.4 Å². The average Bonchev–Trinajstić information content (AvgIpc) is 2.82. The molecular weight excluding hydrogens is 482 g/mol. The van der Waals surface area contributed by atoms with E-state index >= 15 is 0 Å². The number of halogens is 1. The summed E-state index contributed by atoms with van der Waals surface area (Å²) in [5, 5.41) is 14.0. The number of amides is 1. The van der Waals surface area contributed by atoms with E-state index in [4.69, 9.17) is 4.74 Å². The zero-order chi connectivity index (χ0) is 23.2. The van der Waals surface area contributed by atoms with E-state index in [2.05, 4.69) is 21.2 Å². The number of hydrogen-bond donors (Lipinski definition) is 2. The maximum atomic E-state index is 12.7. The van der Waals surface area contributed by atoms with Crippen LogP contribution in [0.1, 0.15) is 21.5 Å². The predicted molar refractivity (Wildman–Crippen MR) is 131 cm³/mol. The lowest BCUT2D eigenvalue weighted by Crippen LogP contribution is -2.42. The first kappa shape index (κ1) is 22.6. The maximum Gasteiger partial charge on any atom is 0.326 e. The highest BCUT2D eigenvalue weighted by molar-refractivity contribution is 9.10. The van der Waals surface area contributed by atoms with Crippen molar-refractivity contribution in [1.82, 2.24) is 5.32 Å². The van der Waals surface area contributed by atoms with Gasteiger partial charge in [-0.25, -0.2) is 4.79 Å². The molecule has 0 saturated heterocycles. The van der Waals surface area contributed by atoms with Crippen LogP contribution < -0.4 is 10.1 Å². The highest BCUT2D eigenvalue weighted by atomic mass is 79.9. The van der Waals surface area contributed by atoms with E-state index in [9.17, 15) is 14.7 Å². The number of carbonyl (C=O) groups is 2. The number of hydrogen-bond acceptors (Lipinski definition) is 3. The van der Waals surface area contributed by atoms with Crippen LogP contribution in [0.25, 0.3) is 10.8 Å². The molecule has 0 aliphatic heterocycles. The molecule has 166 valence electrons. The summed E-state index contributed by atoms with van der Waals surface area (Å²) < 4.78 is 6.90. The largest absolute Gasteiger partial charge is 0.489 e. The second-order valence-electron chi connectivity index (χ2n) is 7.70. The Hall–Kier alpha value is -3.64. The molecule has 0 aromatic heterocycles. The predicted octanol–water partition coefficient (Wildman–Crippen LogP) is 5.61. The molecule has 0 bridgehead atoms. The number of benzene rings is 4. The van der Waals surface area contributed by atoms with Crippen molar-refractivity contribution in [1.29, 1.82) is 0 Å². The summed E-state index contributed by atoms with van der Waals surface area (Å²) in [6.45, 7) is 0.448. The normalized spacial score (nSPS) is 11.7. The van der Waals surface area contributed by atoms with Crippen LogP contribution in [0.15, 0.2) is 95.5 Å². The minimum absolute atomic E-state index is 0.216. The van der Waals surface area contributed by atoms with Crippen LogP contribution >= 0.6 is 15.9 Å². The molecule has 2 N–H and O–H groups in total. The molecular formula is C27H22BrNO4. The van der Waals surface area contributed by atoms with Gasteiger partial charge in [-0.1, -0.05) is 70.5 Å². The van der Waals surface area contributed by atoms with Gasteiger partial charge in [-0.15, -0.1) is 0 Å². The smallest absolute Gasteiger partial charge is 0.326 e. The molecule has 6 heteroatoms. The van der Waals surface area contributed by atoms with Crippen molar-refractivity contribution in [2.24, 2.45) is 0 Å². The average molecular weight is 504 g/mol. The summed E-state index contributed by atoms with van der Waals surface area (Å²) in [6, 6.07) is 27.1. The lowest BCUT2D eigenvalue weighted by Gasteiger charge is -2.15. The van der Waals surface area contributed by atoms with Crippen LogP contribution in [0.4, 0.5) is 0 Å². The first-order valence-electron chi connectivity index (χ1n) is 10.5. The SMILES string of the molecule is O=C(NC(Cc1ccccc1)C(=O)O)c1ccc2cc(OCc3cccc(Br)c3)ccc2c1. The van der Waals surface area contributed by atoms with Crippen molar-refractivity contribution >= 4 is 38.6 Å². The number of carbonyl (C=O) groups excluding carboxylic acids is 1. The Bertz CT molecular complexity index is 1290. The molecule has 1 amide bonds. The topological polar surface area (TPSA) is 75.6 Å². The van der Waals surface area contributed by atoms with Gasteiger partial charge in [0.1, 0.15) is 18.4 Å². The van der Waals surface area contributed by atoms with Gasteiger partial charge in [0.2, 0.25) is 0 Å². The van der Waals surface area contributed by atoms with Crippen LogP contribution in [0, 0.1) is 0 Å². The molecule has 0 aliphatic carbocycles. The maximum absolute atomic E-state index is 12.7. The van der Waals surface area contributed by atoms with Gasteiger partial charge in [0.15, 0.2) is 0 Å². The zero-order valence-corrected chi connectivity index (χ0v) is 19.3. The van der Waals surface area contributed by atoms with Gasteiger partial charge in [-0.3, -0.25) is 4.79 Å². The molecule has 4 aromatic rings.